The highest BCUT2D eigenvalue weighted by atomic mass is 16.6. The van der Waals surface area contributed by atoms with E-state index >= 15 is 0 Å². The van der Waals surface area contributed by atoms with Gasteiger partial charge in [-0.25, -0.2) is 0 Å². The minimum Gasteiger partial charge on any atom is -0.373 e. The number of fused-ring (bicyclic) bond motifs is 1. The maximum atomic E-state index is 5.51. The molecule has 3 aliphatic heterocycles. The van der Waals surface area contributed by atoms with E-state index in [0.29, 0.717) is 18.3 Å². The molecule has 0 bridgehead atoms. The molecule has 0 radical (unpaired) electrons. The fourth-order valence-corrected chi connectivity index (χ4v) is 3.46. The van der Waals surface area contributed by atoms with Crippen LogP contribution in [0.1, 0.15) is 16.7 Å². The van der Waals surface area contributed by atoms with Gasteiger partial charge in [-0.15, -0.1) is 0 Å². The van der Waals surface area contributed by atoms with Crippen LogP contribution < -0.4 is 0 Å². The Hall–Kier alpha value is -1.42. The number of rotatable bonds is 6. The zero-order valence-electron chi connectivity index (χ0n) is 12.6. The second kappa shape index (κ2) is 5.05. The first-order valence-electron chi connectivity index (χ1n) is 8.24. The number of hydrogen-bond donors (Lipinski definition) is 0. The van der Waals surface area contributed by atoms with E-state index in [1.54, 1.807) is 0 Å². The molecule has 114 valence electrons. The summed E-state index contributed by atoms with van der Waals surface area (Å²) in [7, 11) is 0. The first-order chi connectivity index (χ1) is 10.9. The molecule has 0 spiro atoms. The van der Waals surface area contributed by atoms with Crippen molar-refractivity contribution in [3.05, 3.63) is 47.0 Å². The number of hydrogen-bond acceptors (Lipinski definition) is 3. The van der Waals surface area contributed by atoms with E-state index in [9.17, 15) is 0 Å². The molecular weight excluding hydrogens is 276 g/mol. The summed E-state index contributed by atoms with van der Waals surface area (Å²) >= 11 is 0. The van der Waals surface area contributed by atoms with Gasteiger partial charge in [0.05, 0.1) is 38.1 Å². The third kappa shape index (κ3) is 2.65. The van der Waals surface area contributed by atoms with Crippen molar-refractivity contribution in [2.24, 2.45) is 0 Å². The molecule has 3 heteroatoms. The zero-order valence-corrected chi connectivity index (χ0v) is 12.6. The molecule has 0 amide bonds. The Morgan fingerprint density at radius 3 is 2.05 bits per heavy atom. The fraction of sp³-hybridized carbons (Fsp3) is 0.474. The van der Waals surface area contributed by atoms with Crippen LogP contribution in [0.3, 0.4) is 0 Å². The van der Waals surface area contributed by atoms with Crippen molar-refractivity contribution >= 4 is 10.8 Å². The van der Waals surface area contributed by atoms with Crippen LogP contribution in [0, 0.1) is 0 Å². The molecule has 3 nitrogen and oxygen atoms in total. The Bertz CT molecular complexity index is 712. The van der Waals surface area contributed by atoms with Gasteiger partial charge in [-0.2, -0.15) is 0 Å². The lowest BCUT2D eigenvalue weighted by molar-refractivity contribution is 0.398. The SMILES string of the molecule is c1ccc2c(CC3CO3)c(CC3CO3)c(CC3CO3)cc2c1. The summed E-state index contributed by atoms with van der Waals surface area (Å²) in [5.74, 6) is 0. The maximum Gasteiger partial charge on any atom is 0.0850 e. The van der Waals surface area contributed by atoms with Crippen LogP contribution in [-0.2, 0) is 33.5 Å². The largest absolute Gasteiger partial charge is 0.373 e. The van der Waals surface area contributed by atoms with Crippen LogP contribution in [0.5, 0.6) is 0 Å². The monoisotopic (exact) mass is 296 g/mol. The molecule has 5 rings (SSSR count). The highest BCUT2D eigenvalue weighted by Gasteiger charge is 2.31. The predicted octanol–water partition coefficient (Wildman–Crippen LogP) is 2.66. The van der Waals surface area contributed by atoms with Crippen LogP contribution >= 0.6 is 0 Å². The number of epoxide rings is 3. The third-order valence-electron chi connectivity index (χ3n) is 4.89. The topological polar surface area (TPSA) is 37.6 Å². The van der Waals surface area contributed by atoms with Gasteiger partial charge >= 0.3 is 0 Å². The molecule has 2 aromatic carbocycles. The van der Waals surface area contributed by atoms with E-state index in [1.807, 2.05) is 0 Å². The first-order valence-corrected chi connectivity index (χ1v) is 8.24. The molecule has 3 unspecified atom stereocenters. The highest BCUT2D eigenvalue weighted by molar-refractivity contribution is 5.88. The molecule has 2 aromatic rings. The second-order valence-corrected chi connectivity index (χ2v) is 6.69. The Kier molecular flexibility index (Phi) is 3.00. The first kappa shape index (κ1) is 13.1. The summed E-state index contributed by atoms with van der Waals surface area (Å²) in [5, 5.41) is 2.73. The van der Waals surface area contributed by atoms with Gasteiger partial charge in [-0.05, 0) is 27.5 Å². The van der Waals surface area contributed by atoms with E-state index in [2.05, 4.69) is 30.3 Å². The van der Waals surface area contributed by atoms with Crippen LogP contribution in [0.4, 0.5) is 0 Å². The quantitative estimate of drug-likeness (QED) is 0.769. The molecule has 0 saturated carbocycles. The smallest absolute Gasteiger partial charge is 0.0850 e. The van der Waals surface area contributed by atoms with E-state index < -0.39 is 0 Å². The van der Waals surface area contributed by atoms with Gasteiger partial charge in [-0.1, -0.05) is 30.3 Å². The molecule has 3 saturated heterocycles. The molecule has 3 aliphatic rings. The summed E-state index contributed by atoms with van der Waals surface area (Å²) in [6.45, 7) is 2.72. The standard InChI is InChI=1S/C19H20O3/c1-2-4-17-12(3-1)5-13(6-14-9-20-14)18(7-15-10-21-15)19(17)8-16-11-22-16/h1-5,14-16H,6-11H2. The average Bonchev–Trinajstić information content (AvgIpc) is 3.32. The van der Waals surface area contributed by atoms with Gasteiger partial charge in [0.25, 0.3) is 0 Å². The minimum atomic E-state index is 0.412. The van der Waals surface area contributed by atoms with Crippen LogP contribution in [0.25, 0.3) is 10.8 Å². The average molecular weight is 296 g/mol. The zero-order chi connectivity index (χ0) is 14.5. The van der Waals surface area contributed by atoms with Crippen LogP contribution in [0.2, 0.25) is 0 Å². The van der Waals surface area contributed by atoms with Gasteiger partial charge in [0.2, 0.25) is 0 Å². The lowest BCUT2D eigenvalue weighted by atomic mass is 9.87. The van der Waals surface area contributed by atoms with Gasteiger partial charge in [0.1, 0.15) is 0 Å². The lowest BCUT2D eigenvalue weighted by Gasteiger charge is -2.17. The summed E-state index contributed by atoms with van der Waals surface area (Å²) in [6, 6.07) is 11.1. The van der Waals surface area contributed by atoms with E-state index in [0.717, 1.165) is 39.1 Å². The Morgan fingerprint density at radius 2 is 1.36 bits per heavy atom. The molecule has 3 fully saturated rings. The van der Waals surface area contributed by atoms with Crippen molar-refractivity contribution in [1.29, 1.82) is 0 Å². The maximum absolute atomic E-state index is 5.51. The van der Waals surface area contributed by atoms with Crippen LogP contribution in [-0.4, -0.2) is 38.1 Å². The molecule has 3 atom stereocenters. The Labute approximate surface area is 130 Å². The normalized spacial score (nSPS) is 28.8. The number of ether oxygens (including phenoxy) is 3. The van der Waals surface area contributed by atoms with Crippen molar-refractivity contribution in [1.82, 2.24) is 0 Å². The second-order valence-electron chi connectivity index (χ2n) is 6.69. The van der Waals surface area contributed by atoms with Crippen molar-refractivity contribution in [3.8, 4) is 0 Å². The fourth-order valence-electron chi connectivity index (χ4n) is 3.46. The minimum absolute atomic E-state index is 0.412. The van der Waals surface area contributed by atoms with Gasteiger partial charge < -0.3 is 14.2 Å². The molecule has 22 heavy (non-hydrogen) atoms. The predicted molar refractivity (Wildman–Crippen MR) is 84.3 cm³/mol. The van der Waals surface area contributed by atoms with Crippen molar-refractivity contribution in [2.45, 2.75) is 37.6 Å². The summed E-state index contributed by atoms with van der Waals surface area (Å²) < 4.78 is 16.5. The highest BCUT2D eigenvalue weighted by Crippen LogP contribution is 2.34. The summed E-state index contributed by atoms with van der Waals surface area (Å²) in [6.07, 6.45) is 4.35. The van der Waals surface area contributed by atoms with E-state index in [1.165, 1.54) is 27.5 Å². The number of benzene rings is 2. The summed E-state index contributed by atoms with van der Waals surface area (Å²) in [4.78, 5) is 0. The van der Waals surface area contributed by atoms with Gasteiger partial charge in [0.15, 0.2) is 0 Å². The van der Waals surface area contributed by atoms with Crippen molar-refractivity contribution < 1.29 is 14.2 Å². The third-order valence-corrected chi connectivity index (χ3v) is 4.89. The van der Waals surface area contributed by atoms with Crippen molar-refractivity contribution in [3.63, 3.8) is 0 Å². The Balaban J connectivity index is 1.65. The van der Waals surface area contributed by atoms with Crippen LogP contribution in [0.15, 0.2) is 30.3 Å². The molecule has 3 heterocycles. The molecular formula is C19H20O3. The molecule has 0 aromatic heterocycles. The Morgan fingerprint density at radius 1 is 0.773 bits per heavy atom. The van der Waals surface area contributed by atoms with Gasteiger partial charge in [0, 0.05) is 19.3 Å². The van der Waals surface area contributed by atoms with E-state index in [-0.39, 0.29) is 0 Å². The molecule has 0 N–H and O–H groups in total. The van der Waals surface area contributed by atoms with Gasteiger partial charge in [-0.3, -0.25) is 0 Å². The van der Waals surface area contributed by atoms with Crippen molar-refractivity contribution in [2.75, 3.05) is 19.8 Å². The summed E-state index contributed by atoms with van der Waals surface area (Å²) in [5.41, 5.74) is 4.42. The lowest BCUT2D eigenvalue weighted by Crippen LogP contribution is -2.09. The van der Waals surface area contributed by atoms with E-state index in [4.69, 9.17) is 14.2 Å². The molecule has 0 aliphatic carbocycles.